The number of rotatable bonds is 6. The number of nitrogens with one attached hydrogen (secondary N) is 1. The van der Waals surface area contributed by atoms with Crippen LogP contribution >= 0.6 is 0 Å². The van der Waals surface area contributed by atoms with Gasteiger partial charge in [-0.1, -0.05) is 12.1 Å². The van der Waals surface area contributed by atoms with Crippen molar-refractivity contribution < 1.29 is 4.39 Å². The summed E-state index contributed by atoms with van der Waals surface area (Å²) in [5, 5.41) is 3.18. The van der Waals surface area contributed by atoms with Gasteiger partial charge in [-0.15, -0.1) is 0 Å². The highest BCUT2D eigenvalue weighted by Crippen LogP contribution is 2.26. The summed E-state index contributed by atoms with van der Waals surface area (Å²) in [6, 6.07) is 11.0. The summed E-state index contributed by atoms with van der Waals surface area (Å²) >= 11 is 0. The van der Waals surface area contributed by atoms with Gasteiger partial charge in [0, 0.05) is 20.1 Å². The van der Waals surface area contributed by atoms with E-state index in [9.17, 15) is 4.39 Å². The van der Waals surface area contributed by atoms with Gasteiger partial charge in [-0.3, -0.25) is 0 Å². The first-order valence-corrected chi connectivity index (χ1v) is 8.57. The van der Waals surface area contributed by atoms with Crippen molar-refractivity contribution in [1.82, 2.24) is 14.9 Å². The molecule has 5 heteroatoms. The molecule has 0 saturated heterocycles. The quantitative estimate of drug-likeness (QED) is 0.746. The van der Waals surface area contributed by atoms with E-state index in [2.05, 4.69) is 47.8 Å². The lowest BCUT2D eigenvalue weighted by Gasteiger charge is -2.20. The van der Waals surface area contributed by atoms with Crippen molar-refractivity contribution in [2.45, 2.75) is 20.4 Å². The molecule has 0 aliphatic carbocycles. The number of hydrogen-bond donors (Lipinski definition) is 1. The molecule has 0 atom stereocenters. The molecule has 0 spiro atoms. The molecule has 0 radical (unpaired) electrons. The Kier molecular flexibility index (Phi) is 5.04. The van der Waals surface area contributed by atoms with Gasteiger partial charge in [-0.05, 0) is 61.9 Å². The smallest absolute Gasteiger partial charge is 0.206 e. The molecule has 0 saturated carbocycles. The molecule has 0 unspecified atom stereocenters. The molecule has 0 amide bonds. The normalized spacial score (nSPS) is 11.2. The Morgan fingerprint density at radius 3 is 2.48 bits per heavy atom. The van der Waals surface area contributed by atoms with Crippen molar-refractivity contribution in [3.8, 4) is 0 Å². The lowest BCUT2D eigenvalue weighted by molar-refractivity contribution is 0.626. The highest BCUT2D eigenvalue weighted by molar-refractivity contribution is 5.81. The average Bonchev–Trinajstić information content (AvgIpc) is 2.93. The van der Waals surface area contributed by atoms with Gasteiger partial charge in [0.2, 0.25) is 5.95 Å². The molecule has 1 aromatic heterocycles. The van der Waals surface area contributed by atoms with Gasteiger partial charge in [0.15, 0.2) is 0 Å². The van der Waals surface area contributed by atoms with Crippen molar-refractivity contribution in [2.75, 3.05) is 32.1 Å². The first kappa shape index (κ1) is 17.4. The van der Waals surface area contributed by atoms with Gasteiger partial charge in [0.25, 0.3) is 0 Å². The van der Waals surface area contributed by atoms with Gasteiger partial charge in [0.05, 0.1) is 17.6 Å². The SMILES string of the molecule is CNCCN(C)c1nc2cc(C)c(C)cc2n1Cc1ccc(F)cc1. The molecular formula is C20H25FN4. The second kappa shape index (κ2) is 7.23. The maximum atomic E-state index is 13.2. The average molecular weight is 340 g/mol. The second-order valence-electron chi connectivity index (χ2n) is 6.57. The van der Waals surface area contributed by atoms with Crippen LogP contribution in [0.25, 0.3) is 11.0 Å². The number of hydrogen-bond acceptors (Lipinski definition) is 3. The largest absolute Gasteiger partial charge is 0.344 e. The van der Waals surface area contributed by atoms with Crippen LogP contribution in [0.15, 0.2) is 36.4 Å². The maximum Gasteiger partial charge on any atom is 0.206 e. The van der Waals surface area contributed by atoms with Crippen LogP contribution in [0.5, 0.6) is 0 Å². The molecule has 0 bridgehead atoms. The Bertz CT molecular complexity index is 868. The summed E-state index contributed by atoms with van der Waals surface area (Å²) in [6.07, 6.45) is 0. The van der Waals surface area contributed by atoms with Gasteiger partial charge in [0.1, 0.15) is 5.82 Å². The predicted octanol–water partition coefficient (Wildman–Crippen LogP) is 3.50. The number of fused-ring (bicyclic) bond motifs is 1. The molecule has 2 aromatic carbocycles. The Morgan fingerprint density at radius 1 is 1.12 bits per heavy atom. The van der Waals surface area contributed by atoms with Crippen molar-refractivity contribution in [2.24, 2.45) is 0 Å². The molecule has 132 valence electrons. The van der Waals surface area contributed by atoms with Crippen LogP contribution in [-0.2, 0) is 6.54 Å². The van der Waals surface area contributed by atoms with E-state index < -0.39 is 0 Å². The molecule has 1 heterocycles. The Morgan fingerprint density at radius 2 is 1.80 bits per heavy atom. The highest BCUT2D eigenvalue weighted by Gasteiger charge is 2.15. The maximum absolute atomic E-state index is 13.2. The molecule has 4 nitrogen and oxygen atoms in total. The van der Waals surface area contributed by atoms with Crippen LogP contribution < -0.4 is 10.2 Å². The van der Waals surface area contributed by atoms with Gasteiger partial charge < -0.3 is 14.8 Å². The predicted molar refractivity (Wildman–Crippen MR) is 102 cm³/mol. The summed E-state index contributed by atoms with van der Waals surface area (Å²) in [5.74, 6) is 0.719. The fourth-order valence-corrected chi connectivity index (χ4v) is 2.97. The van der Waals surface area contributed by atoms with Gasteiger partial charge in [-0.2, -0.15) is 0 Å². The zero-order valence-corrected chi connectivity index (χ0v) is 15.3. The monoisotopic (exact) mass is 340 g/mol. The van der Waals surface area contributed by atoms with Crippen molar-refractivity contribution in [3.63, 3.8) is 0 Å². The minimum atomic E-state index is -0.211. The molecule has 25 heavy (non-hydrogen) atoms. The third-order valence-electron chi connectivity index (χ3n) is 4.64. The Labute approximate surface area is 148 Å². The fraction of sp³-hybridized carbons (Fsp3) is 0.350. The van der Waals surface area contributed by atoms with Crippen molar-refractivity contribution in [1.29, 1.82) is 0 Å². The number of halogens is 1. The van der Waals surface area contributed by atoms with Crippen LogP contribution in [-0.4, -0.2) is 36.7 Å². The summed E-state index contributed by atoms with van der Waals surface area (Å²) in [7, 11) is 4.00. The van der Waals surface area contributed by atoms with E-state index in [1.807, 2.05) is 19.2 Å². The number of benzene rings is 2. The van der Waals surface area contributed by atoms with Crippen LogP contribution in [0.1, 0.15) is 16.7 Å². The second-order valence-corrected chi connectivity index (χ2v) is 6.57. The van der Waals surface area contributed by atoms with E-state index in [4.69, 9.17) is 4.98 Å². The van der Waals surface area contributed by atoms with E-state index in [0.717, 1.165) is 35.6 Å². The third kappa shape index (κ3) is 3.66. The van der Waals surface area contributed by atoms with Crippen molar-refractivity contribution in [3.05, 3.63) is 58.9 Å². The summed E-state index contributed by atoms with van der Waals surface area (Å²) in [4.78, 5) is 7.03. The van der Waals surface area contributed by atoms with E-state index in [1.54, 1.807) is 0 Å². The molecule has 0 fully saturated rings. The zero-order valence-electron chi connectivity index (χ0n) is 15.3. The number of likely N-dealkylation sites (N-methyl/N-ethyl adjacent to an activating group) is 2. The summed E-state index contributed by atoms with van der Waals surface area (Å²) in [5.41, 5.74) is 5.65. The van der Waals surface area contributed by atoms with E-state index in [1.165, 1.54) is 23.3 Å². The molecular weight excluding hydrogens is 315 g/mol. The van der Waals surface area contributed by atoms with Crippen molar-refractivity contribution >= 4 is 17.0 Å². The first-order chi connectivity index (χ1) is 12.0. The zero-order chi connectivity index (χ0) is 18.0. The lowest BCUT2D eigenvalue weighted by atomic mass is 10.1. The highest BCUT2D eigenvalue weighted by atomic mass is 19.1. The van der Waals surface area contributed by atoms with E-state index >= 15 is 0 Å². The lowest BCUT2D eigenvalue weighted by Crippen LogP contribution is -2.29. The van der Waals surface area contributed by atoms with Crippen LogP contribution in [0, 0.1) is 19.7 Å². The van der Waals surface area contributed by atoms with E-state index in [0.29, 0.717) is 6.54 Å². The number of anilines is 1. The number of nitrogens with zero attached hydrogens (tertiary/aromatic N) is 3. The van der Waals surface area contributed by atoms with Gasteiger partial charge in [-0.25, -0.2) is 9.37 Å². The molecule has 3 aromatic rings. The number of imidazole rings is 1. The fourth-order valence-electron chi connectivity index (χ4n) is 2.97. The van der Waals surface area contributed by atoms with E-state index in [-0.39, 0.29) is 5.82 Å². The van der Waals surface area contributed by atoms with Gasteiger partial charge >= 0.3 is 0 Å². The standard InChI is InChI=1S/C20H25FN4/c1-14-11-18-19(12-15(14)2)25(13-16-5-7-17(21)8-6-16)20(23-18)24(4)10-9-22-3/h5-8,11-12,22H,9-10,13H2,1-4H3. The molecule has 0 aliphatic rings. The number of aryl methyl sites for hydroxylation is 2. The third-order valence-corrected chi connectivity index (χ3v) is 4.64. The van der Waals surface area contributed by atoms with Crippen LogP contribution in [0.2, 0.25) is 0 Å². The molecule has 3 rings (SSSR count). The minimum Gasteiger partial charge on any atom is -0.344 e. The number of aromatic nitrogens is 2. The molecule has 0 aliphatic heterocycles. The Hall–Kier alpha value is -2.40. The minimum absolute atomic E-state index is 0.211. The first-order valence-electron chi connectivity index (χ1n) is 8.57. The Balaban J connectivity index is 2.07. The summed E-state index contributed by atoms with van der Waals surface area (Å²) < 4.78 is 15.4. The summed E-state index contributed by atoms with van der Waals surface area (Å²) in [6.45, 7) is 6.64. The topological polar surface area (TPSA) is 33.1 Å². The van der Waals surface area contributed by atoms with Crippen LogP contribution in [0.4, 0.5) is 10.3 Å². The van der Waals surface area contributed by atoms with Crippen LogP contribution in [0.3, 0.4) is 0 Å². The molecule has 1 N–H and O–H groups in total.